The number of pyridine rings is 1. The van der Waals surface area contributed by atoms with Crippen molar-refractivity contribution < 1.29 is 28.1 Å². The second-order valence-corrected chi connectivity index (χ2v) is 7.82. The van der Waals surface area contributed by atoms with Gasteiger partial charge in [-0.1, -0.05) is 0 Å². The molecule has 184 valence electrons. The summed E-state index contributed by atoms with van der Waals surface area (Å²) in [6.07, 6.45) is 1.58. The maximum atomic E-state index is 14.8. The van der Waals surface area contributed by atoms with Gasteiger partial charge < -0.3 is 24.3 Å². The molecule has 8 nitrogen and oxygen atoms in total. The van der Waals surface area contributed by atoms with Crippen LogP contribution in [0, 0.1) is 5.82 Å². The number of aromatic nitrogens is 1. The van der Waals surface area contributed by atoms with Gasteiger partial charge in [-0.2, -0.15) is 0 Å². The molecule has 10 heteroatoms. The number of anilines is 1. The summed E-state index contributed by atoms with van der Waals surface area (Å²) in [4.78, 5) is 16.7. The van der Waals surface area contributed by atoms with Crippen LogP contribution < -0.4 is 29.6 Å². The van der Waals surface area contributed by atoms with Crippen LogP contribution in [0.5, 0.6) is 28.7 Å². The number of hydrogen-bond acceptors (Lipinski definition) is 7. The van der Waals surface area contributed by atoms with Gasteiger partial charge in [-0.25, -0.2) is 4.39 Å². The van der Waals surface area contributed by atoms with Gasteiger partial charge in [-0.05, 0) is 60.7 Å². The van der Waals surface area contributed by atoms with E-state index in [1.807, 2.05) is 0 Å². The van der Waals surface area contributed by atoms with Crippen molar-refractivity contribution in [2.45, 2.75) is 0 Å². The van der Waals surface area contributed by atoms with Crippen LogP contribution in [-0.2, 0) is 0 Å². The molecule has 2 N–H and O–H groups in total. The minimum atomic E-state index is -0.619. The Bertz CT molecular complexity index is 1430. The number of carbonyl (C=O) groups is 1. The lowest BCUT2D eigenvalue weighted by molar-refractivity contribution is 0.0977. The Balaban J connectivity index is 1.47. The van der Waals surface area contributed by atoms with Gasteiger partial charge >= 0.3 is 0 Å². The first kappa shape index (κ1) is 24.7. The molecule has 1 heterocycles. The summed E-state index contributed by atoms with van der Waals surface area (Å²) in [6, 6.07) is 15.9. The van der Waals surface area contributed by atoms with Gasteiger partial charge in [0.05, 0.1) is 32.5 Å². The van der Waals surface area contributed by atoms with Crippen molar-refractivity contribution in [2.24, 2.45) is 0 Å². The second-order valence-electron chi connectivity index (χ2n) is 7.41. The SMILES string of the molecule is COc1ccc(C(=O)NC(=S)Nc2ccc(Oc3ccnc4cc(OC)c(OC)cc34)cc2F)cc1. The number of nitrogens with zero attached hydrogens (tertiary/aromatic N) is 1. The lowest BCUT2D eigenvalue weighted by Crippen LogP contribution is -2.34. The molecule has 0 aliphatic rings. The van der Waals surface area contributed by atoms with Crippen molar-refractivity contribution >= 4 is 39.8 Å². The molecular formula is C26H22FN3O5S. The van der Waals surface area contributed by atoms with Crippen LogP contribution in [0.15, 0.2) is 66.9 Å². The Morgan fingerprint density at radius 2 is 1.56 bits per heavy atom. The van der Waals surface area contributed by atoms with E-state index in [1.165, 1.54) is 26.4 Å². The van der Waals surface area contributed by atoms with Crippen molar-refractivity contribution in [1.29, 1.82) is 0 Å². The lowest BCUT2D eigenvalue weighted by Gasteiger charge is -2.14. The number of benzene rings is 3. The number of rotatable bonds is 7. The molecule has 0 bridgehead atoms. The van der Waals surface area contributed by atoms with E-state index >= 15 is 0 Å². The summed E-state index contributed by atoms with van der Waals surface area (Å²) in [5.41, 5.74) is 1.08. The normalized spacial score (nSPS) is 10.4. The molecule has 0 saturated carbocycles. The summed E-state index contributed by atoms with van der Waals surface area (Å²) in [7, 11) is 4.61. The van der Waals surface area contributed by atoms with Gasteiger partial charge in [0.2, 0.25) is 0 Å². The molecule has 0 aliphatic heterocycles. The molecule has 4 rings (SSSR count). The van der Waals surface area contributed by atoms with Crippen LogP contribution in [0.2, 0.25) is 0 Å². The van der Waals surface area contributed by atoms with Crippen molar-refractivity contribution in [3.05, 3.63) is 78.2 Å². The minimum absolute atomic E-state index is 0.0513. The Kier molecular flexibility index (Phi) is 7.45. The minimum Gasteiger partial charge on any atom is -0.497 e. The first-order chi connectivity index (χ1) is 17.4. The van der Waals surface area contributed by atoms with Crippen LogP contribution >= 0.6 is 12.2 Å². The molecule has 4 aromatic rings. The zero-order valence-corrected chi connectivity index (χ0v) is 20.4. The van der Waals surface area contributed by atoms with Gasteiger partial charge in [0.15, 0.2) is 16.6 Å². The fourth-order valence-corrected chi connectivity index (χ4v) is 3.60. The smallest absolute Gasteiger partial charge is 0.257 e. The predicted octanol–water partition coefficient (Wildman–Crippen LogP) is 5.32. The molecule has 0 aliphatic carbocycles. The van der Waals surface area contributed by atoms with Crippen molar-refractivity contribution in [2.75, 3.05) is 26.6 Å². The molecule has 0 spiro atoms. The third-order valence-electron chi connectivity index (χ3n) is 5.20. The highest BCUT2D eigenvalue weighted by Gasteiger charge is 2.14. The quantitative estimate of drug-likeness (QED) is 0.325. The standard InChI is InChI=1S/C26H22FN3O5S/c1-32-16-6-4-15(5-7-16)25(31)30-26(36)29-20-9-8-17(12-19(20)27)35-22-10-11-28-21-14-24(34-3)23(33-2)13-18(21)22/h4-14H,1-3H3,(H2,29,30,31,36). The lowest BCUT2D eigenvalue weighted by atomic mass is 10.2. The van der Waals surface area contributed by atoms with Gasteiger partial charge in [0.25, 0.3) is 5.91 Å². The summed E-state index contributed by atoms with van der Waals surface area (Å²) < 4.78 is 36.5. The van der Waals surface area contributed by atoms with Gasteiger partial charge in [0.1, 0.15) is 23.1 Å². The average molecular weight is 508 g/mol. The van der Waals surface area contributed by atoms with Crippen LogP contribution in [0.25, 0.3) is 10.9 Å². The van der Waals surface area contributed by atoms with E-state index in [1.54, 1.807) is 61.8 Å². The highest BCUT2D eigenvalue weighted by molar-refractivity contribution is 7.80. The largest absolute Gasteiger partial charge is 0.497 e. The van der Waals surface area contributed by atoms with Crippen LogP contribution in [-0.4, -0.2) is 37.3 Å². The van der Waals surface area contributed by atoms with Crippen molar-refractivity contribution in [3.8, 4) is 28.7 Å². The zero-order chi connectivity index (χ0) is 25.7. The van der Waals surface area contributed by atoms with E-state index in [0.717, 1.165) is 0 Å². The number of halogens is 1. The first-order valence-electron chi connectivity index (χ1n) is 10.7. The van der Waals surface area contributed by atoms with Gasteiger partial charge in [-0.15, -0.1) is 0 Å². The molecule has 0 radical (unpaired) electrons. The maximum absolute atomic E-state index is 14.8. The Labute approximate surface area is 212 Å². The number of hydrogen-bond donors (Lipinski definition) is 2. The monoisotopic (exact) mass is 507 g/mol. The summed E-state index contributed by atoms with van der Waals surface area (Å²) in [5.74, 6) is 1.33. The fourth-order valence-electron chi connectivity index (χ4n) is 3.40. The number of amides is 1. The van der Waals surface area contributed by atoms with E-state index < -0.39 is 11.7 Å². The number of carbonyl (C=O) groups excluding carboxylic acids is 1. The second kappa shape index (κ2) is 10.9. The fraction of sp³-hybridized carbons (Fsp3) is 0.115. The van der Waals surface area contributed by atoms with E-state index in [4.69, 9.17) is 31.2 Å². The van der Waals surface area contributed by atoms with Crippen molar-refractivity contribution in [3.63, 3.8) is 0 Å². The molecule has 0 atom stereocenters. The van der Waals surface area contributed by atoms with Crippen LogP contribution in [0.3, 0.4) is 0 Å². The average Bonchev–Trinajstić information content (AvgIpc) is 2.89. The van der Waals surface area contributed by atoms with E-state index in [-0.39, 0.29) is 16.5 Å². The number of thiocarbonyl (C=S) groups is 1. The number of ether oxygens (including phenoxy) is 4. The van der Waals surface area contributed by atoms with Crippen LogP contribution in [0.4, 0.5) is 10.1 Å². The summed E-state index contributed by atoms with van der Waals surface area (Å²) in [6.45, 7) is 0. The molecule has 0 unspecified atom stereocenters. The number of methoxy groups -OCH3 is 3. The zero-order valence-electron chi connectivity index (χ0n) is 19.6. The molecule has 0 fully saturated rings. The summed E-state index contributed by atoms with van der Waals surface area (Å²) >= 11 is 5.16. The topological polar surface area (TPSA) is 90.9 Å². The third kappa shape index (κ3) is 5.44. The van der Waals surface area contributed by atoms with E-state index in [2.05, 4.69) is 15.6 Å². The summed E-state index contributed by atoms with van der Waals surface area (Å²) in [5, 5.41) is 5.82. The molecule has 36 heavy (non-hydrogen) atoms. The number of nitrogens with one attached hydrogen (secondary N) is 2. The van der Waals surface area contributed by atoms with Crippen molar-refractivity contribution in [1.82, 2.24) is 10.3 Å². The van der Waals surface area contributed by atoms with Gasteiger partial charge in [0, 0.05) is 29.3 Å². The molecule has 3 aromatic carbocycles. The molecular weight excluding hydrogens is 485 g/mol. The highest BCUT2D eigenvalue weighted by Crippen LogP contribution is 2.37. The molecule has 1 aromatic heterocycles. The third-order valence-corrected chi connectivity index (χ3v) is 5.41. The van der Waals surface area contributed by atoms with Crippen LogP contribution in [0.1, 0.15) is 10.4 Å². The van der Waals surface area contributed by atoms with Gasteiger partial charge in [-0.3, -0.25) is 15.1 Å². The van der Waals surface area contributed by atoms with E-state index in [9.17, 15) is 9.18 Å². The molecule has 1 amide bonds. The predicted molar refractivity (Wildman–Crippen MR) is 138 cm³/mol. The Hall–Kier alpha value is -4.44. The first-order valence-corrected chi connectivity index (χ1v) is 11.1. The maximum Gasteiger partial charge on any atom is 0.257 e. The van der Waals surface area contributed by atoms with E-state index in [0.29, 0.717) is 39.5 Å². The highest BCUT2D eigenvalue weighted by atomic mass is 32.1. The Morgan fingerprint density at radius 3 is 2.22 bits per heavy atom. The number of fused-ring (bicyclic) bond motifs is 1. The molecule has 0 saturated heterocycles. The Morgan fingerprint density at radius 1 is 0.861 bits per heavy atom.